The van der Waals surface area contributed by atoms with Crippen molar-refractivity contribution in [3.8, 4) is 6.07 Å². The van der Waals surface area contributed by atoms with Crippen molar-refractivity contribution in [2.24, 2.45) is 0 Å². The predicted molar refractivity (Wildman–Crippen MR) is 75.1 cm³/mol. The lowest BCUT2D eigenvalue weighted by molar-refractivity contribution is 0.263. The van der Waals surface area contributed by atoms with Gasteiger partial charge >= 0.3 is 0 Å². The van der Waals surface area contributed by atoms with E-state index in [9.17, 15) is 0 Å². The van der Waals surface area contributed by atoms with E-state index in [1.807, 2.05) is 13.0 Å². The SMILES string of the molecule is Cc1ccc(N2CCN(CCC#N)CC2)cc1Cl. The molecule has 1 heterocycles. The van der Waals surface area contributed by atoms with Gasteiger partial charge in [0.05, 0.1) is 6.07 Å². The zero-order valence-corrected chi connectivity index (χ0v) is 11.5. The van der Waals surface area contributed by atoms with Crippen molar-refractivity contribution in [1.29, 1.82) is 5.26 Å². The molecule has 1 aliphatic rings. The Labute approximate surface area is 114 Å². The molecule has 3 nitrogen and oxygen atoms in total. The molecule has 0 aliphatic carbocycles. The van der Waals surface area contributed by atoms with Crippen LogP contribution in [0, 0.1) is 18.3 Å². The molecule has 0 radical (unpaired) electrons. The molecule has 1 fully saturated rings. The van der Waals surface area contributed by atoms with Crippen LogP contribution in [0.25, 0.3) is 0 Å². The third-order valence-electron chi connectivity index (χ3n) is 3.43. The summed E-state index contributed by atoms with van der Waals surface area (Å²) in [4.78, 5) is 4.70. The molecule has 4 heteroatoms. The summed E-state index contributed by atoms with van der Waals surface area (Å²) in [7, 11) is 0. The van der Waals surface area contributed by atoms with Crippen molar-refractivity contribution in [1.82, 2.24) is 4.90 Å². The quantitative estimate of drug-likeness (QED) is 0.840. The van der Waals surface area contributed by atoms with E-state index in [-0.39, 0.29) is 0 Å². The molecule has 0 N–H and O–H groups in total. The Morgan fingerprint density at radius 2 is 2.00 bits per heavy atom. The number of hydrogen-bond donors (Lipinski definition) is 0. The first-order chi connectivity index (χ1) is 8.70. The monoisotopic (exact) mass is 263 g/mol. The molecule has 0 saturated carbocycles. The van der Waals surface area contributed by atoms with Gasteiger partial charge in [0.15, 0.2) is 0 Å². The van der Waals surface area contributed by atoms with Crippen LogP contribution in [0.4, 0.5) is 5.69 Å². The van der Waals surface area contributed by atoms with E-state index in [1.54, 1.807) is 0 Å². The van der Waals surface area contributed by atoms with Gasteiger partial charge in [0.25, 0.3) is 0 Å². The molecule has 1 aliphatic heterocycles. The zero-order valence-electron chi connectivity index (χ0n) is 10.7. The number of aryl methyl sites for hydroxylation is 1. The normalized spacial score (nSPS) is 16.6. The van der Waals surface area contributed by atoms with E-state index in [4.69, 9.17) is 16.9 Å². The molecule has 0 spiro atoms. The highest BCUT2D eigenvalue weighted by atomic mass is 35.5. The third-order valence-corrected chi connectivity index (χ3v) is 3.84. The Morgan fingerprint density at radius 1 is 1.28 bits per heavy atom. The fraction of sp³-hybridized carbons (Fsp3) is 0.500. The van der Waals surface area contributed by atoms with Crippen LogP contribution in [0.1, 0.15) is 12.0 Å². The highest BCUT2D eigenvalue weighted by molar-refractivity contribution is 6.31. The average Bonchev–Trinajstić information content (AvgIpc) is 2.40. The van der Waals surface area contributed by atoms with E-state index >= 15 is 0 Å². The molecule has 0 bridgehead atoms. The number of benzene rings is 1. The first-order valence-electron chi connectivity index (χ1n) is 6.31. The Kier molecular flexibility index (Phi) is 4.46. The van der Waals surface area contributed by atoms with Gasteiger partial charge in [-0.15, -0.1) is 0 Å². The number of nitriles is 1. The minimum absolute atomic E-state index is 0.621. The molecule has 2 rings (SSSR count). The van der Waals surface area contributed by atoms with E-state index in [2.05, 4.69) is 28.0 Å². The van der Waals surface area contributed by atoms with Crippen molar-refractivity contribution >= 4 is 17.3 Å². The number of hydrogen-bond acceptors (Lipinski definition) is 3. The second-order valence-corrected chi connectivity index (χ2v) is 5.08. The fourth-order valence-electron chi connectivity index (χ4n) is 2.22. The maximum Gasteiger partial charge on any atom is 0.0635 e. The molecular weight excluding hydrogens is 246 g/mol. The van der Waals surface area contributed by atoms with Crippen molar-refractivity contribution in [3.05, 3.63) is 28.8 Å². The summed E-state index contributed by atoms with van der Waals surface area (Å²) in [6, 6.07) is 8.44. The van der Waals surface area contributed by atoms with Gasteiger partial charge in [-0.25, -0.2) is 0 Å². The minimum atomic E-state index is 0.621. The number of anilines is 1. The Hall–Kier alpha value is -1.24. The fourth-order valence-corrected chi connectivity index (χ4v) is 2.39. The average molecular weight is 264 g/mol. The molecule has 0 atom stereocenters. The van der Waals surface area contributed by atoms with Crippen molar-refractivity contribution in [3.63, 3.8) is 0 Å². The number of rotatable bonds is 3. The number of halogens is 1. The summed E-state index contributed by atoms with van der Waals surface area (Å²) < 4.78 is 0. The van der Waals surface area contributed by atoms with Crippen LogP contribution in [0.2, 0.25) is 5.02 Å². The van der Waals surface area contributed by atoms with Gasteiger partial charge in [0.1, 0.15) is 0 Å². The molecular formula is C14H18ClN3. The smallest absolute Gasteiger partial charge is 0.0635 e. The van der Waals surface area contributed by atoms with Crippen molar-refractivity contribution in [2.75, 3.05) is 37.6 Å². The highest BCUT2D eigenvalue weighted by Crippen LogP contribution is 2.23. The molecule has 1 saturated heterocycles. The van der Waals surface area contributed by atoms with Gasteiger partial charge in [-0.2, -0.15) is 5.26 Å². The summed E-state index contributed by atoms with van der Waals surface area (Å²) in [5.74, 6) is 0. The standard InChI is InChI=1S/C14H18ClN3/c1-12-3-4-13(11-14(12)15)18-9-7-17(8-10-18)6-2-5-16/h3-4,11H,2,6-10H2,1H3. The van der Waals surface area contributed by atoms with Gasteiger partial charge in [-0.3, -0.25) is 4.90 Å². The maximum absolute atomic E-state index is 8.58. The second-order valence-electron chi connectivity index (χ2n) is 4.67. The summed E-state index contributed by atoms with van der Waals surface area (Å²) in [6.07, 6.45) is 0.621. The third kappa shape index (κ3) is 3.16. The zero-order chi connectivity index (χ0) is 13.0. The van der Waals surface area contributed by atoms with Crippen LogP contribution < -0.4 is 4.90 Å². The van der Waals surface area contributed by atoms with Crippen LogP contribution in [0.15, 0.2) is 18.2 Å². The van der Waals surface area contributed by atoms with Gasteiger partial charge in [-0.05, 0) is 24.6 Å². The second kappa shape index (κ2) is 6.08. The van der Waals surface area contributed by atoms with Gasteiger partial charge in [0, 0.05) is 49.9 Å². The van der Waals surface area contributed by atoms with Gasteiger partial charge in [0.2, 0.25) is 0 Å². The Bertz CT molecular complexity index is 445. The first-order valence-corrected chi connectivity index (χ1v) is 6.69. The number of nitrogens with zero attached hydrogens (tertiary/aromatic N) is 3. The van der Waals surface area contributed by atoms with Gasteiger partial charge < -0.3 is 4.90 Å². The van der Waals surface area contributed by atoms with Crippen LogP contribution >= 0.6 is 11.6 Å². The minimum Gasteiger partial charge on any atom is -0.369 e. The lowest BCUT2D eigenvalue weighted by atomic mass is 10.2. The van der Waals surface area contributed by atoms with Crippen LogP contribution in [0.3, 0.4) is 0 Å². The van der Waals surface area contributed by atoms with Crippen LogP contribution in [-0.2, 0) is 0 Å². The Morgan fingerprint density at radius 3 is 2.61 bits per heavy atom. The molecule has 0 aromatic heterocycles. The summed E-state index contributed by atoms with van der Waals surface area (Å²) >= 11 is 6.16. The first kappa shape index (κ1) is 13.2. The largest absolute Gasteiger partial charge is 0.369 e. The predicted octanol–water partition coefficient (Wildman–Crippen LogP) is 2.68. The number of piperazine rings is 1. The van der Waals surface area contributed by atoms with Crippen LogP contribution in [-0.4, -0.2) is 37.6 Å². The maximum atomic E-state index is 8.58. The summed E-state index contributed by atoms with van der Waals surface area (Å²) in [5, 5.41) is 9.41. The van der Waals surface area contributed by atoms with Crippen molar-refractivity contribution in [2.45, 2.75) is 13.3 Å². The molecule has 1 aromatic rings. The molecule has 1 aromatic carbocycles. The highest BCUT2D eigenvalue weighted by Gasteiger charge is 2.17. The summed E-state index contributed by atoms with van der Waals surface area (Å²) in [6.45, 7) is 6.96. The topological polar surface area (TPSA) is 30.3 Å². The van der Waals surface area contributed by atoms with Crippen LogP contribution in [0.5, 0.6) is 0 Å². The van der Waals surface area contributed by atoms with E-state index in [0.29, 0.717) is 6.42 Å². The Balaban J connectivity index is 1.93. The molecule has 18 heavy (non-hydrogen) atoms. The van der Waals surface area contributed by atoms with E-state index in [0.717, 1.165) is 43.3 Å². The van der Waals surface area contributed by atoms with E-state index in [1.165, 1.54) is 5.69 Å². The van der Waals surface area contributed by atoms with Crippen molar-refractivity contribution < 1.29 is 0 Å². The molecule has 0 unspecified atom stereocenters. The van der Waals surface area contributed by atoms with Gasteiger partial charge in [-0.1, -0.05) is 17.7 Å². The molecule has 0 amide bonds. The van der Waals surface area contributed by atoms with E-state index < -0.39 is 0 Å². The lowest BCUT2D eigenvalue weighted by Gasteiger charge is -2.35. The molecule has 96 valence electrons. The lowest BCUT2D eigenvalue weighted by Crippen LogP contribution is -2.46. The summed E-state index contributed by atoms with van der Waals surface area (Å²) in [5.41, 5.74) is 2.32.